The fourth-order valence-corrected chi connectivity index (χ4v) is 7.58. The van der Waals surface area contributed by atoms with E-state index < -0.39 is 0 Å². The Bertz CT molecular complexity index is 2420. The molecular weight excluding hydrogens is 569 g/mol. The van der Waals surface area contributed by atoms with Crippen molar-refractivity contribution in [1.29, 1.82) is 0 Å². The maximum Gasteiger partial charge on any atom is 0.0552 e. The first kappa shape index (κ1) is 27.3. The Kier molecular flexibility index (Phi) is 6.10. The molecule has 9 rings (SSSR count). The van der Waals surface area contributed by atoms with Crippen LogP contribution in [0.2, 0.25) is 0 Å². The quantitative estimate of drug-likeness (QED) is 0.191. The number of anilines is 3. The Labute approximate surface area is 275 Å². The Morgan fingerprint density at radius 2 is 1.19 bits per heavy atom. The minimum atomic E-state index is 0.00997. The third-order valence-electron chi connectivity index (χ3n) is 9.87. The Hall–Kier alpha value is -6.04. The van der Waals surface area contributed by atoms with E-state index in [2.05, 4.69) is 181 Å². The molecule has 0 atom stereocenters. The molecular formula is C45H32N2. The minimum Gasteiger partial charge on any atom is -0.310 e. The molecule has 1 aromatic heterocycles. The number of rotatable bonds is 5. The van der Waals surface area contributed by atoms with Crippen molar-refractivity contribution >= 4 is 38.9 Å². The lowest BCUT2D eigenvalue weighted by molar-refractivity contribution is 0.660. The second-order valence-corrected chi connectivity index (χ2v) is 12.9. The van der Waals surface area contributed by atoms with E-state index in [1.54, 1.807) is 0 Å². The Morgan fingerprint density at radius 3 is 2.02 bits per heavy atom. The van der Waals surface area contributed by atoms with Crippen LogP contribution in [0.25, 0.3) is 49.7 Å². The third-order valence-corrected chi connectivity index (χ3v) is 9.87. The first-order valence-corrected chi connectivity index (χ1v) is 16.2. The molecule has 0 bridgehead atoms. The van der Waals surface area contributed by atoms with Gasteiger partial charge in [0.15, 0.2) is 0 Å². The molecule has 0 unspecified atom stereocenters. The van der Waals surface area contributed by atoms with Crippen molar-refractivity contribution in [3.05, 3.63) is 181 Å². The van der Waals surface area contributed by atoms with Crippen LogP contribution in [0.3, 0.4) is 0 Å². The smallest absolute Gasteiger partial charge is 0.0552 e. The molecule has 1 aliphatic rings. The number of aromatic nitrogens is 1. The van der Waals surface area contributed by atoms with E-state index in [1.165, 1.54) is 55.2 Å². The maximum absolute atomic E-state index is 3.13. The van der Waals surface area contributed by atoms with Gasteiger partial charge in [-0.2, -0.15) is 0 Å². The second-order valence-electron chi connectivity index (χ2n) is 12.9. The van der Waals surface area contributed by atoms with Gasteiger partial charge in [0.2, 0.25) is 0 Å². The monoisotopic (exact) mass is 600 g/mol. The molecule has 0 aliphatic heterocycles. The number of fused-ring (bicyclic) bond motifs is 6. The lowest BCUT2D eigenvalue weighted by atomic mass is 9.82. The lowest BCUT2D eigenvalue weighted by Crippen LogP contribution is -2.14. The first-order chi connectivity index (χ1) is 23.1. The normalized spacial score (nSPS) is 12.9. The van der Waals surface area contributed by atoms with Crippen LogP contribution in [0.5, 0.6) is 0 Å². The van der Waals surface area contributed by atoms with Gasteiger partial charge in [-0.25, -0.2) is 0 Å². The third kappa shape index (κ3) is 4.28. The largest absolute Gasteiger partial charge is 0.310 e. The van der Waals surface area contributed by atoms with Gasteiger partial charge in [-0.3, -0.25) is 0 Å². The first-order valence-electron chi connectivity index (χ1n) is 16.2. The number of nitrogens with zero attached hydrogens (tertiary/aromatic N) is 2. The van der Waals surface area contributed by atoms with Gasteiger partial charge >= 0.3 is 0 Å². The van der Waals surface area contributed by atoms with Crippen LogP contribution in [-0.2, 0) is 5.41 Å². The summed E-state index contributed by atoms with van der Waals surface area (Å²) in [5, 5.41) is 2.44. The fraction of sp³-hybridized carbons (Fsp3) is 0.0667. The molecule has 2 nitrogen and oxygen atoms in total. The molecule has 0 spiro atoms. The van der Waals surface area contributed by atoms with Gasteiger partial charge in [-0.15, -0.1) is 0 Å². The molecule has 2 heteroatoms. The van der Waals surface area contributed by atoms with E-state index in [1.807, 2.05) is 12.1 Å². The van der Waals surface area contributed by atoms with Crippen molar-refractivity contribution in [2.75, 3.05) is 4.90 Å². The molecule has 8 aromatic rings. The van der Waals surface area contributed by atoms with E-state index >= 15 is 0 Å². The van der Waals surface area contributed by atoms with Crippen LogP contribution in [0.1, 0.15) is 25.0 Å². The zero-order valence-electron chi connectivity index (χ0n) is 26.4. The van der Waals surface area contributed by atoms with Crippen molar-refractivity contribution in [3.63, 3.8) is 0 Å². The van der Waals surface area contributed by atoms with Gasteiger partial charge in [-0.05, 0) is 100 Å². The molecule has 0 saturated heterocycles. The van der Waals surface area contributed by atoms with Gasteiger partial charge in [0.25, 0.3) is 0 Å². The summed E-state index contributed by atoms with van der Waals surface area (Å²) in [6.07, 6.45) is 0. The molecule has 1 aliphatic carbocycles. The predicted octanol–water partition coefficient (Wildman–Crippen LogP) is 11.8. The molecule has 47 heavy (non-hydrogen) atoms. The number of benzene rings is 6. The molecule has 0 amide bonds. The van der Waals surface area contributed by atoms with Gasteiger partial charge in [0, 0.05) is 39.3 Å². The maximum atomic E-state index is 3.13. The van der Waals surface area contributed by atoms with Gasteiger partial charge in [0.05, 0.1) is 16.7 Å². The highest BCUT2D eigenvalue weighted by molar-refractivity contribution is 6.10. The summed E-state index contributed by atoms with van der Waals surface area (Å²) in [5.41, 5.74) is 14.7. The van der Waals surface area contributed by atoms with Crippen molar-refractivity contribution in [1.82, 2.24) is 4.57 Å². The average Bonchev–Trinajstić information content (AvgIpc) is 3.58. The summed E-state index contributed by atoms with van der Waals surface area (Å²) >= 11 is 0. The van der Waals surface area contributed by atoms with Gasteiger partial charge in [-0.1, -0.05) is 111 Å². The van der Waals surface area contributed by atoms with Crippen LogP contribution >= 0.6 is 0 Å². The van der Waals surface area contributed by atoms with E-state index in [-0.39, 0.29) is 5.41 Å². The molecule has 1 heterocycles. The molecule has 0 saturated carbocycles. The molecule has 0 radical (unpaired) electrons. The van der Waals surface area contributed by atoms with Crippen molar-refractivity contribution in [2.45, 2.75) is 19.3 Å². The van der Waals surface area contributed by atoms with E-state index in [0.29, 0.717) is 0 Å². The summed E-state index contributed by atoms with van der Waals surface area (Å²) < 4.78 is 2.32. The molecule has 7 aromatic carbocycles. The zero-order chi connectivity index (χ0) is 31.5. The number of hydrogen-bond donors (Lipinski definition) is 0. The highest BCUT2D eigenvalue weighted by Crippen LogP contribution is 2.49. The van der Waals surface area contributed by atoms with Crippen LogP contribution in [0.15, 0.2) is 158 Å². The van der Waals surface area contributed by atoms with E-state index in [0.717, 1.165) is 22.7 Å². The van der Waals surface area contributed by atoms with Crippen LogP contribution in [-0.4, -0.2) is 4.57 Å². The Balaban J connectivity index is 1.15. The molecule has 0 N–H and O–H groups in total. The molecule has 222 valence electrons. The summed E-state index contributed by atoms with van der Waals surface area (Å²) in [6.45, 7) is 4.66. The number of para-hydroxylation sites is 2. The summed E-state index contributed by atoms with van der Waals surface area (Å²) in [4.78, 5) is 2.35. The predicted molar refractivity (Wildman–Crippen MR) is 196 cm³/mol. The SMILES string of the molecule is CC1(C)c2ccccc2-c2cc(-c3ccc(N(c4ccccc4)c4ccc5c(c4)c4ccccc4n5-c4cc#ccc4)cc3)ccc21. The standard InChI is InChI=1S/C45H32N2/c1-45(2)41-19-11-9-17-37(41)39-29-32(23-27-42(39)45)31-21-24-35(25-22-31)46(33-13-5-3-6-14-33)36-26-28-44-40(30-36)38-18-10-12-20-43(38)47(44)34-15-7-4-8-16-34/h3,5-7,9-30H,1-2H3. The second kappa shape index (κ2) is 10.5. The van der Waals surface area contributed by atoms with Crippen molar-refractivity contribution in [3.8, 4) is 27.9 Å². The zero-order valence-corrected chi connectivity index (χ0v) is 26.4. The summed E-state index contributed by atoms with van der Waals surface area (Å²) in [6, 6.07) is 63.1. The minimum absolute atomic E-state index is 0.00997. The van der Waals surface area contributed by atoms with E-state index in [9.17, 15) is 0 Å². The molecule has 0 fully saturated rings. The van der Waals surface area contributed by atoms with Crippen molar-refractivity contribution in [2.24, 2.45) is 0 Å². The van der Waals surface area contributed by atoms with Gasteiger partial charge < -0.3 is 9.47 Å². The average molecular weight is 601 g/mol. The van der Waals surface area contributed by atoms with Crippen molar-refractivity contribution < 1.29 is 0 Å². The van der Waals surface area contributed by atoms with Crippen LogP contribution in [0, 0.1) is 12.1 Å². The lowest BCUT2D eigenvalue weighted by Gasteiger charge is -2.26. The van der Waals surface area contributed by atoms with Gasteiger partial charge in [0.1, 0.15) is 0 Å². The number of hydrogen-bond acceptors (Lipinski definition) is 1. The summed E-state index contributed by atoms with van der Waals surface area (Å²) in [5.74, 6) is 0. The fourth-order valence-electron chi connectivity index (χ4n) is 7.58. The van der Waals surface area contributed by atoms with E-state index in [4.69, 9.17) is 0 Å². The highest BCUT2D eigenvalue weighted by Gasteiger charge is 2.35. The Morgan fingerprint density at radius 1 is 0.511 bits per heavy atom. The topological polar surface area (TPSA) is 8.17 Å². The van der Waals surface area contributed by atoms with Crippen LogP contribution in [0.4, 0.5) is 17.1 Å². The van der Waals surface area contributed by atoms with Crippen LogP contribution < -0.4 is 4.90 Å². The summed E-state index contributed by atoms with van der Waals surface area (Å²) in [7, 11) is 0. The highest BCUT2D eigenvalue weighted by atomic mass is 15.1.